The average molecular weight is 598 g/mol. The van der Waals surface area contributed by atoms with E-state index < -0.39 is 0 Å². The van der Waals surface area contributed by atoms with Crippen LogP contribution in [0.3, 0.4) is 0 Å². The van der Waals surface area contributed by atoms with E-state index in [1.54, 1.807) is 20.4 Å². The molecule has 1 aliphatic heterocycles. The highest BCUT2D eigenvalue weighted by Crippen LogP contribution is 2.45. The molecule has 2 aromatic heterocycles. The lowest BCUT2D eigenvalue weighted by Gasteiger charge is -2.28. The van der Waals surface area contributed by atoms with Gasteiger partial charge in [0.2, 0.25) is 0 Å². The average Bonchev–Trinajstić information content (AvgIpc) is 3.44. The van der Waals surface area contributed by atoms with Gasteiger partial charge in [0, 0.05) is 35.4 Å². The summed E-state index contributed by atoms with van der Waals surface area (Å²) in [6, 6.07) is 19.0. The minimum atomic E-state index is -0.219. The molecule has 2 atom stereocenters. The molecule has 40 heavy (non-hydrogen) atoms. The second-order valence-electron chi connectivity index (χ2n) is 9.43. The first kappa shape index (κ1) is 28.2. The van der Waals surface area contributed by atoms with E-state index >= 15 is 0 Å². The Morgan fingerprint density at radius 1 is 0.975 bits per heavy atom. The molecule has 10 heteroatoms. The van der Waals surface area contributed by atoms with Crippen LogP contribution in [-0.2, 0) is 4.74 Å². The molecule has 1 fully saturated rings. The van der Waals surface area contributed by atoms with Crippen molar-refractivity contribution in [3.63, 3.8) is 0 Å². The molecule has 208 valence electrons. The van der Waals surface area contributed by atoms with Crippen LogP contribution in [0.15, 0.2) is 66.9 Å². The minimum Gasteiger partial charge on any atom is -0.495 e. The third kappa shape index (κ3) is 5.37. The van der Waals surface area contributed by atoms with Crippen LogP contribution >= 0.6 is 35.4 Å². The SMILES string of the molecule is COCCOc1ccc(N2C(=S)N[C@H](c3ccccn3)[C@H]2c2cc(C)n(-c3cc(Cl)ccc3OC)c2C)cc1Cl. The van der Waals surface area contributed by atoms with Crippen molar-refractivity contribution in [3.05, 3.63) is 99.6 Å². The highest BCUT2D eigenvalue weighted by molar-refractivity contribution is 7.80. The van der Waals surface area contributed by atoms with Crippen molar-refractivity contribution in [1.82, 2.24) is 14.9 Å². The number of ether oxygens (including phenoxy) is 3. The zero-order chi connectivity index (χ0) is 28.4. The van der Waals surface area contributed by atoms with Crippen molar-refractivity contribution < 1.29 is 14.2 Å². The van der Waals surface area contributed by atoms with Crippen molar-refractivity contribution in [2.24, 2.45) is 0 Å². The Bertz CT molecular complexity index is 1530. The molecule has 0 unspecified atom stereocenters. The molecule has 1 aliphatic rings. The largest absolute Gasteiger partial charge is 0.495 e. The number of thiocarbonyl (C=S) groups is 1. The number of halogens is 2. The highest BCUT2D eigenvalue weighted by atomic mass is 35.5. The van der Waals surface area contributed by atoms with E-state index in [1.807, 2.05) is 54.6 Å². The number of nitrogens with one attached hydrogen (secondary N) is 1. The van der Waals surface area contributed by atoms with E-state index in [0.717, 1.165) is 39.8 Å². The monoisotopic (exact) mass is 596 g/mol. The lowest BCUT2D eigenvalue weighted by molar-refractivity contribution is 0.146. The molecule has 0 amide bonds. The number of rotatable bonds is 9. The zero-order valence-electron chi connectivity index (χ0n) is 22.7. The van der Waals surface area contributed by atoms with Crippen molar-refractivity contribution >= 4 is 46.2 Å². The quantitative estimate of drug-likeness (QED) is 0.165. The molecule has 2 aromatic carbocycles. The van der Waals surface area contributed by atoms with Gasteiger partial charge in [0.1, 0.15) is 18.1 Å². The lowest BCUT2D eigenvalue weighted by atomic mass is 9.96. The van der Waals surface area contributed by atoms with E-state index in [1.165, 1.54) is 0 Å². The summed E-state index contributed by atoms with van der Waals surface area (Å²) in [5.41, 5.74) is 5.74. The van der Waals surface area contributed by atoms with E-state index in [2.05, 4.69) is 39.7 Å². The van der Waals surface area contributed by atoms with Crippen molar-refractivity contribution in [1.29, 1.82) is 0 Å². The van der Waals surface area contributed by atoms with Gasteiger partial charge in [-0.2, -0.15) is 0 Å². The number of hydrogen-bond donors (Lipinski definition) is 1. The van der Waals surface area contributed by atoms with Crippen LogP contribution < -0.4 is 19.7 Å². The molecule has 0 aliphatic carbocycles. The van der Waals surface area contributed by atoms with Gasteiger partial charge in [0.15, 0.2) is 5.11 Å². The molecule has 1 saturated heterocycles. The van der Waals surface area contributed by atoms with Gasteiger partial charge in [-0.25, -0.2) is 0 Å². The Kier molecular flexibility index (Phi) is 8.51. The Balaban J connectivity index is 1.63. The minimum absolute atomic E-state index is 0.208. The summed E-state index contributed by atoms with van der Waals surface area (Å²) in [7, 11) is 3.29. The van der Waals surface area contributed by atoms with Crippen LogP contribution in [-0.4, -0.2) is 42.1 Å². The molecule has 5 rings (SSSR count). The predicted molar refractivity (Wildman–Crippen MR) is 164 cm³/mol. The van der Waals surface area contributed by atoms with Crippen molar-refractivity contribution in [2.75, 3.05) is 32.3 Å². The molecular weight excluding hydrogens is 567 g/mol. The fourth-order valence-electron chi connectivity index (χ4n) is 5.24. The molecule has 0 bridgehead atoms. The summed E-state index contributed by atoms with van der Waals surface area (Å²) in [6.45, 7) is 5.04. The van der Waals surface area contributed by atoms with Gasteiger partial charge in [-0.1, -0.05) is 29.3 Å². The standard InChI is InChI=1S/C30H30Cl2N4O3S/c1-18-15-22(19(2)35(18)25-16-20(31)8-10-27(25)38-4)29-28(24-7-5-6-12-33-24)34-30(40)36(29)21-9-11-26(23(32)17-21)39-14-13-37-3/h5-12,15-17,28-29H,13-14H2,1-4H3,(H,34,40)/t28-,29-/m1/s1. The summed E-state index contributed by atoms with van der Waals surface area (Å²) in [5.74, 6) is 1.32. The molecule has 0 saturated carbocycles. The molecular formula is C30H30Cl2N4O3S. The number of nitrogens with zero attached hydrogens (tertiary/aromatic N) is 3. The van der Waals surface area contributed by atoms with E-state index in [4.69, 9.17) is 49.6 Å². The number of methoxy groups -OCH3 is 2. The number of aryl methyl sites for hydroxylation is 1. The molecule has 7 nitrogen and oxygen atoms in total. The maximum atomic E-state index is 6.67. The topological polar surface area (TPSA) is 60.8 Å². The summed E-state index contributed by atoms with van der Waals surface area (Å²) in [4.78, 5) is 6.78. The van der Waals surface area contributed by atoms with Gasteiger partial charge in [-0.05, 0) is 86.2 Å². The van der Waals surface area contributed by atoms with Gasteiger partial charge >= 0.3 is 0 Å². The molecule has 0 radical (unpaired) electrons. The van der Waals surface area contributed by atoms with Gasteiger partial charge < -0.3 is 29.0 Å². The predicted octanol–water partition coefficient (Wildman–Crippen LogP) is 7.01. The number of anilines is 1. The van der Waals surface area contributed by atoms with E-state index in [-0.39, 0.29) is 12.1 Å². The summed E-state index contributed by atoms with van der Waals surface area (Å²) < 4.78 is 18.7. The third-order valence-electron chi connectivity index (χ3n) is 7.01. The van der Waals surface area contributed by atoms with E-state index in [0.29, 0.717) is 34.1 Å². The molecule has 4 aromatic rings. The van der Waals surface area contributed by atoms with Crippen LogP contribution in [0.2, 0.25) is 10.0 Å². The third-order valence-corrected chi connectivity index (χ3v) is 7.85. The normalized spacial score (nSPS) is 16.8. The van der Waals surface area contributed by atoms with Crippen LogP contribution in [0.1, 0.15) is 34.7 Å². The van der Waals surface area contributed by atoms with Crippen LogP contribution in [0.25, 0.3) is 5.69 Å². The highest BCUT2D eigenvalue weighted by Gasteiger charge is 2.42. The fourth-order valence-corrected chi connectivity index (χ4v) is 5.98. The molecule has 0 spiro atoms. The molecule has 1 N–H and O–H groups in total. The summed E-state index contributed by atoms with van der Waals surface area (Å²) in [5, 5.41) is 5.22. The molecule has 3 heterocycles. The first-order chi connectivity index (χ1) is 19.3. The Labute approximate surface area is 249 Å². The number of aromatic nitrogens is 2. The number of hydrogen-bond acceptors (Lipinski definition) is 5. The van der Waals surface area contributed by atoms with Crippen molar-refractivity contribution in [2.45, 2.75) is 25.9 Å². The zero-order valence-corrected chi connectivity index (χ0v) is 25.0. The van der Waals surface area contributed by atoms with Gasteiger partial charge in [0.05, 0.1) is 42.2 Å². The van der Waals surface area contributed by atoms with Crippen LogP contribution in [0.5, 0.6) is 11.5 Å². The summed E-state index contributed by atoms with van der Waals surface area (Å²) >= 11 is 19.0. The maximum absolute atomic E-state index is 6.67. The smallest absolute Gasteiger partial charge is 0.174 e. The summed E-state index contributed by atoms with van der Waals surface area (Å²) in [6.07, 6.45) is 1.79. The number of pyridine rings is 1. The Morgan fingerprint density at radius 3 is 2.48 bits per heavy atom. The lowest BCUT2D eigenvalue weighted by Crippen LogP contribution is -2.29. The van der Waals surface area contributed by atoms with E-state index in [9.17, 15) is 0 Å². The van der Waals surface area contributed by atoms with Gasteiger partial charge in [-0.3, -0.25) is 4.98 Å². The van der Waals surface area contributed by atoms with Gasteiger partial charge in [-0.15, -0.1) is 0 Å². The fraction of sp³-hybridized carbons (Fsp3) is 0.267. The Morgan fingerprint density at radius 2 is 1.77 bits per heavy atom. The van der Waals surface area contributed by atoms with Crippen LogP contribution in [0.4, 0.5) is 5.69 Å². The van der Waals surface area contributed by atoms with Crippen LogP contribution in [0, 0.1) is 13.8 Å². The first-order valence-corrected chi connectivity index (χ1v) is 13.9. The maximum Gasteiger partial charge on any atom is 0.174 e. The van der Waals surface area contributed by atoms with Crippen molar-refractivity contribution in [3.8, 4) is 17.2 Å². The Hall–Kier alpha value is -3.30. The number of benzene rings is 2. The first-order valence-electron chi connectivity index (χ1n) is 12.8. The second-order valence-corrected chi connectivity index (χ2v) is 10.7. The van der Waals surface area contributed by atoms with Gasteiger partial charge in [0.25, 0.3) is 0 Å². The second kappa shape index (κ2) is 12.1.